The molecule has 0 aromatic carbocycles. The highest BCUT2D eigenvalue weighted by atomic mass is 15.3. The number of nitrogens with one attached hydrogen (secondary N) is 1. The molecule has 1 fully saturated rings. The van der Waals surface area contributed by atoms with Gasteiger partial charge in [-0.25, -0.2) is 0 Å². The predicted octanol–water partition coefficient (Wildman–Crippen LogP) is 3.30. The Morgan fingerprint density at radius 1 is 1.21 bits per heavy atom. The molecule has 2 unspecified atom stereocenters. The molecule has 0 aromatic rings. The summed E-state index contributed by atoms with van der Waals surface area (Å²) in [6.07, 6.45) is 11.8. The van der Waals surface area contributed by atoms with Crippen LogP contribution >= 0.6 is 0 Å². The largest absolute Gasteiger partial charge is 0.302 e. The third kappa shape index (κ3) is 4.17. The Labute approximate surface area is 120 Å². The maximum atomic E-state index is 5.93. The van der Waals surface area contributed by atoms with Crippen LogP contribution in [0.3, 0.4) is 0 Å². The van der Waals surface area contributed by atoms with Gasteiger partial charge in [0.25, 0.3) is 0 Å². The minimum atomic E-state index is 0.286. The zero-order valence-electron chi connectivity index (χ0n) is 13.5. The highest BCUT2D eigenvalue weighted by molar-refractivity contribution is 5.01. The molecule has 1 rings (SSSR count). The van der Waals surface area contributed by atoms with Crippen LogP contribution in [0.2, 0.25) is 0 Å². The Kier molecular flexibility index (Phi) is 7.33. The summed E-state index contributed by atoms with van der Waals surface area (Å²) in [4.78, 5) is 2.43. The SMILES string of the molecule is CCCCC(CC)CC(NN)C1(N(C)C)CCCC1. The minimum Gasteiger partial charge on any atom is -0.302 e. The molecule has 0 amide bonds. The fraction of sp³-hybridized carbons (Fsp3) is 1.00. The topological polar surface area (TPSA) is 41.3 Å². The Bertz CT molecular complexity index is 234. The molecule has 1 aliphatic carbocycles. The van der Waals surface area contributed by atoms with Crippen LogP contribution in [-0.4, -0.2) is 30.6 Å². The minimum absolute atomic E-state index is 0.286. The molecule has 0 radical (unpaired) electrons. The lowest BCUT2D eigenvalue weighted by molar-refractivity contribution is 0.0890. The average Bonchev–Trinajstić information content (AvgIpc) is 2.90. The summed E-state index contributed by atoms with van der Waals surface area (Å²) < 4.78 is 0. The third-order valence-electron chi connectivity index (χ3n) is 5.32. The quantitative estimate of drug-likeness (QED) is 0.498. The van der Waals surface area contributed by atoms with Crippen LogP contribution < -0.4 is 11.3 Å². The summed E-state index contributed by atoms with van der Waals surface area (Å²) in [5.74, 6) is 6.75. The molecule has 0 bridgehead atoms. The van der Waals surface area contributed by atoms with Crippen molar-refractivity contribution in [2.75, 3.05) is 14.1 Å². The molecule has 3 N–H and O–H groups in total. The second-order valence-electron chi connectivity index (χ2n) is 6.58. The first-order chi connectivity index (χ1) is 9.10. The second-order valence-corrected chi connectivity index (χ2v) is 6.58. The van der Waals surface area contributed by atoms with E-state index in [1.807, 2.05) is 0 Å². The van der Waals surface area contributed by atoms with Gasteiger partial charge in [-0.1, -0.05) is 52.4 Å². The van der Waals surface area contributed by atoms with E-state index < -0.39 is 0 Å². The van der Waals surface area contributed by atoms with Crippen LogP contribution in [0.25, 0.3) is 0 Å². The van der Waals surface area contributed by atoms with Crippen LogP contribution in [0.4, 0.5) is 0 Å². The highest BCUT2D eigenvalue weighted by Crippen LogP contribution is 2.39. The number of hydrazine groups is 1. The first-order valence-electron chi connectivity index (χ1n) is 8.24. The summed E-state index contributed by atoms with van der Waals surface area (Å²) >= 11 is 0. The lowest BCUT2D eigenvalue weighted by Gasteiger charge is -2.44. The van der Waals surface area contributed by atoms with Crippen molar-refractivity contribution in [2.24, 2.45) is 11.8 Å². The predicted molar refractivity (Wildman–Crippen MR) is 83.9 cm³/mol. The van der Waals surface area contributed by atoms with E-state index in [9.17, 15) is 0 Å². The van der Waals surface area contributed by atoms with Gasteiger partial charge >= 0.3 is 0 Å². The maximum Gasteiger partial charge on any atom is 0.0397 e. The fourth-order valence-corrected chi connectivity index (χ4v) is 3.85. The van der Waals surface area contributed by atoms with Crippen molar-refractivity contribution in [1.82, 2.24) is 10.3 Å². The Morgan fingerprint density at radius 2 is 1.84 bits per heavy atom. The smallest absolute Gasteiger partial charge is 0.0397 e. The molecule has 0 spiro atoms. The number of nitrogens with zero attached hydrogens (tertiary/aromatic N) is 1. The fourth-order valence-electron chi connectivity index (χ4n) is 3.85. The zero-order valence-corrected chi connectivity index (χ0v) is 13.5. The molecule has 3 nitrogen and oxygen atoms in total. The molecule has 0 saturated heterocycles. The molecule has 0 heterocycles. The van der Waals surface area contributed by atoms with Crippen molar-refractivity contribution in [2.45, 2.75) is 83.2 Å². The van der Waals surface area contributed by atoms with Gasteiger partial charge in [-0.15, -0.1) is 0 Å². The van der Waals surface area contributed by atoms with Crippen molar-refractivity contribution >= 4 is 0 Å². The highest BCUT2D eigenvalue weighted by Gasteiger charge is 2.43. The molecular weight excluding hydrogens is 234 g/mol. The van der Waals surface area contributed by atoms with Crippen molar-refractivity contribution in [3.63, 3.8) is 0 Å². The standard InChI is InChI=1S/C16H35N3/c1-5-7-10-14(6-2)13-15(18-17)16(19(3)4)11-8-9-12-16/h14-15,18H,5-13,17H2,1-4H3. The summed E-state index contributed by atoms with van der Waals surface area (Å²) in [7, 11) is 4.45. The molecule has 0 aliphatic heterocycles. The molecular formula is C16H35N3. The molecule has 3 heteroatoms. The van der Waals surface area contributed by atoms with Crippen LogP contribution in [0.5, 0.6) is 0 Å². The van der Waals surface area contributed by atoms with Crippen LogP contribution in [-0.2, 0) is 0 Å². The first kappa shape index (κ1) is 16.9. The number of hydrogen-bond donors (Lipinski definition) is 2. The van der Waals surface area contributed by atoms with Crippen molar-refractivity contribution < 1.29 is 0 Å². The lowest BCUT2D eigenvalue weighted by Crippen LogP contribution is -2.59. The monoisotopic (exact) mass is 269 g/mol. The Hall–Kier alpha value is -0.120. The van der Waals surface area contributed by atoms with Gasteiger partial charge in [0, 0.05) is 11.6 Å². The normalized spacial score (nSPS) is 21.8. The maximum absolute atomic E-state index is 5.93. The van der Waals surface area contributed by atoms with E-state index in [2.05, 4.69) is 38.3 Å². The van der Waals surface area contributed by atoms with Crippen LogP contribution in [0.1, 0.15) is 71.6 Å². The number of nitrogens with two attached hydrogens (primary N) is 1. The van der Waals surface area contributed by atoms with Gasteiger partial charge < -0.3 is 4.90 Å². The van der Waals surface area contributed by atoms with Crippen molar-refractivity contribution in [1.29, 1.82) is 0 Å². The van der Waals surface area contributed by atoms with E-state index in [1.54, 1.807) is 0 Å². The van der Waals surface area contributed by atoms with E-state index >= 15 is 0 Å². The third-order valence-corrected chi connectivity index (χ3v) is 5.32. The van der Waals surface area contributed by atoms with E-state index in [4.69, 9.17) is 5.84 Å². The summed E-state index contributed by atoms with van der Waals surface area (Å²) in [6.45, 7) is 4.61. The van der Waals surface area contributed by atoms with E-state index in [-0.39, 0.29) is 5.54 Å². The Balaban J connectivity index is 2.69. The second kappa shape index (κ2) is 8.23. The summed E-state index contributed by atoms with van der Waals surface area (Å²) in [5.41, 5.74) is 3.45. The number of rotatable bonds is 9. The lowest BCUT2D eigenvalue weighted by atomic mass is 9.80. The van der Waals surface area contributed by atoms with Gasteiger partial charge in [0.15, 0.2) is 0 Å². The number of unbranched alkanes of at least 4 members (excludes halogenated alkanes) is 1. The Morgan fingerprint density at radius 3 is 2.26 bits per heavy atom. The molecule has 1 aliphatic rings. The van der Waals surface area contributed by atoms with E-state index in [0.29, 0.717) is 6.04 Å². The average molecular weight is 269 g/mol. The zero-order chi connectivity index (χ0) is 14.3. The van der Waals surface area contributed by atoms with Gasteiger partial charge in [0.2, 0.25) is 0 Å². The van der Waals surface area contributed by atoms with Gasteiger partial charge in [-0.05, 0) is 39.3 Å². The van der Waals surface area contributed by atoms with Gasteiger partial charge in [-0.2, -0.15) is 0 Å². The number of hydrogen-bond acceptors (Lipinski definition) is 3. The van der Waals surface area contributed by atoms with Crippen molar-refractivity contribution in [3.8, 4) is 0 Å². The van der Waals surface area contributed by atoms with Crippen LogP contribution in [0, 0.1) is 5.92 Å². The molecule has 114 valence electrons. The van der Waals surface area contributed by atoms with Crippen LogP contribution in [0.15, 0.2) is 0 Å². The van der Waals surface area contributed by atoms with E-state index in [1.165, 1.54) is 57.8 Å². The van der Waals surface area contributed by atoms with Gasteiger partial charge in [-0.3, -0.25) is 11.3 Å². The van der Waals surface area contributed by atoms with Gasteiger partial charge in [0.1, 0.15) is 0 Å². The van der Waals surface area contributed by atoms with Crippen molar-refractivity contribution in [3.05, 3.63) is 0 Å². The molecule has 1 saturated carbocycles. The number of likely N-dealkylation sites (N-methyl/N-ethyl adjacent to an activating group) is 1. The van der Waals surface area contributed by atoms with Gasteiger partial charge in [0.05, 0.1) is 0 Å². The first-order valence-corrected chi connectivity index (χ1v) is 8.24. The van der Waals surface area contributed by atoms with E-state index in [0.717, 1.165) is 5.92 Å². The summed E-state index contributed by atoms with van der Waals surface area (Å²) in [6, 6.07) is 0.437. The molecule has 19 heavy (non-hydrogen) atoms. The molecule has 2 atom stereocenters. The summed E-state index contributed by atoms with van der Waals surface area (Å²) in [5, 5.41) is 0. The molecule has 0 aromatic heterocycles.